The lowest BCUT2D eigenvalue weighted by atomic mass is 10.1. The molecular weight excluding hydrogens is 308 g/mol. The van der Waals surface area contributed by atoms with Crippen molar-refractivity contribution in [2.45, 2.75) is 51.3 Å². The lowest BCUT2D eigenvalue weighted by molar-refractivity contribution is -0.152. The van der Waals surface area contributed by atoms with Gasteiger partial charge in [-0.3, -0.25) is 15.4 Å². The van der Waals surface area contributed by atoms with Gasteiger partial charge in [0.2, 0.25) is 0 Å². The average Bonchev–Trinajstić information content (AvgIpc) is 2.97. The number of carbonyl (C=O) groups is 2. The highest BCUT2D eigenvalue weighted by Crippen LogP contribution is 2.07. The fraction of sp³-hybridized carbons (Fsp3) is 0.857. The number of carboxylic acids is 2. The lowest BCUT2D eigenvalue weighted by Crippen LogP contribution is -2.34. The molecule has 0 amide bonds. The van der Waals surface area contributed by atoms with E-state index in [1.165, 1.54) is 0 Å². The summed E-state index contributed by atoms with van der Waals surface area (Å²) in [5.74, 6) is -2.85. The Morgan fingerprint density at radius 3 is 1.48 bits per heavy atom. The fourth-order valence-electron chi connectivity index (χ4n) is 1.46. The van der Waals surface area contributed by atoms with E-state index in [2.05, 4.69) is 38.3 Å². The minimum atomic E-state index is -1.79. The van der Waals surface area contributed by atoms with Gasteiger partial charge in [-0.05, 0) is 27.7 Å². The number of hydrogen-bond donors (Lipinski definition) is 5. The van der Waals surface area contributed by atoms with Gasteiger partial charge in [0, 0.05) is 11.1 Å². The maximum absolute atomic E-state index is 9.72. The van der Waals surface area contributed by atoms with Gasteiger partial charge in [-0.1, -0.05) is 0 Å². The zero-order valence-electron chi connectivity index (χ0n) is 14.1. The Kier molecular flexibility index (Phi) is 9.25. The molecule has 2 rings (SSSR count). The summed E-state index contributed by atoms with van der Waals surface area (Å²) in [4.78, 5) is 19.4. The van der Waals surface area contributed by atoms with Gasteiger partial charge in [-0.15, -0.1) is 0 Å². The molecule has 136 valence electrons. The molecule has 0 saturated carbocycles. The maximum Gasteiger partial charge on any atom is 0.333 e. The quantitative estimate of drug-likeness (QED) is 0.465. The van der Waals surface area contributed by atoms with Crippen LogP contribution in [0.5, 0.6) is 0 Å². The SMILES string of the molecule is CC1(C)COCN1.CC1(C)COCN1.O=C(O)CC(O)C(=O)O. The molecule has 2 fully saturated rings. The monoisotopic (exact) mass is 336 g/mol. The molecule has 0 aromatic rings. The van der Waals surface area contributed by atoms with Crippen LogP contribution < -0.4 is 10.6 Å². The van der Waals surface area contributed by atoms with Crippen LogP contribution in [0.2, 0.25) is 0 Å². The molecule has 0 aromatic heterocycles. The summed E-state index contributed by atoms with van der Waals surface area (Å²) in [6, 6.07) is 0. The van der Waals surface area contributed by atoms with Gasteiger partial charge >= 0.3 is 11.9 Å². The first-order chi connectivity index (χ1) is 10.5. The van der Waals surface area contributed by atoms with Gasteiger partial charge in [-0.25, -0.2) is 4.79 Å². The van der Waals surface area contributed by atoms with Crippen LogP contribution in [0.15, 0.2) is 0 Å². The third kappa shape index (κ3) is 11.9. The van der Waals surface area contributed by atoms with Crippen LogP contribution in [0, 0.1) is 0 Å². The Morgan fingerprint density at radius 2 is 1.39 bits per heavy atom. The van der Waals surface area contributed by atoms with Crippen LogP contribution in [0.4, 0.5) is 0 Å². The number of rotatable bonds is 3. The van der Waals surface area contributed by atoms with Crippen LogP contribution in [0.3, 0.4) is 0 Å². The standard InChI is InChI=1S/2C5H11NO.C4H6O5/c2*1-5(2)3-7-4-6-5;5-2(4(8)9)1-3(6)7/h2*6H,3-4H2,1-2H3;2,5H,1H2,(H,6,7)(H,8,9). The summed E-state index contributed by atoms with van der Waals surface area (Å²) >= 11 is 0. The molecular formula is C14H28N2O7. The number of carboxylic acid groups (broad SMARTS) is 2. The Balaban J connectivity index is 0.000000318. The highest BCUT2D eigenvalue weighted by molar-refractivity contribution is 5.79. The Morgan fingerprint density at radius 1 is 1.00 bits per heavy atom. The van der Waals surface area contributed by atoms with Crippen LogP contribution in [0.25, 0.3) is 0 Å². The van der Waals surface area contributed by atoms with Crippen molar-refractivity contribution in [3.8, 4) is 0 Å². The molecule has 0 aromatic carbocycles. The molecule has 5 N–H and O–H groups in total. The molecule has 2 aliphatic rings. The van der Waals surface area contributed by atoms with Crippen molar-refractivity contribution in [1.29, 1.82) is 0 Å². The summed E-state index contributed by atoms with van der Waals surface area (Å²) in [5, 5.41) is 30.5. The Labute approximate surface area is 136 Å². The van der Waals surface area contributed by atoms with E-state index in [-0.39, 0.29) is 11.1 Å². The van der Waals surface area contributed by atoms with E-state index in [9.17, 15) is 9.59 Å². The minimum Gasteiger partial charge on any atom is -0.481 e. The molecule has 0 spiro atoms. The van der Waals surface area contributed by atoms with Crippen molar-refractivity contribution in [3.63, 3.8) is 0 Å². The van der Waals surface area contributed by atoms with Gasteiger partial charge in [0.15, 0.2) is 6.10 Å². The van der Waals surface area contributed by atoms with E-state index >= 15 is 0 Å². The Bertz CT molecular complexity index is 349. The third-order valence-corrected chi connectivity index (χ3v) is 2.88. The number of aliphatic hydroxyl groups is 1. The highest BCUT2D eigenvalue weighted by atomic mass is 16.5. The van der Waals surface area contributed by atoms with E-state index < -0.39 is 24.5 Å². The second-order valence-corrected chi connectivity index (χ2v) is 6.56. The second kappa shape index (κ2) is 9.78. The zero-order chi connectivity index (χ0) is 18.1. The van der Waals surface area contributed by atoms with Crippen molar-refractivity contribution >= 4 is 11.9 Å². The number of aliphatic hydroxyl groups excluding tert-OH is 1. The molecule has 23 heavy (non-hydrogen) atoms. The van der Waals surface area contributed by atoms with E-state index in [0.717, 1.165) is 13.2 Å². The van der Waals surface area contributed by atoms with Crippen molar-refractivity contribution in [3.05, 3.63) is 0 Å². The van der Waals surface area contributed by atoms with Gasteiger partial charge in [0.05, 0.1) is 33.1 Å². The molecule has 0 radical (unpaired) electrons. The van der Waals surface area contributed by atoms with Crippen LogP contribution >= 0.6 is 0 Å². The number of hydrogen-bond acceptors (Lipinski definition) is 7. The van der Waals surface area contributed by atoms with Crippen LogP contribution in [-0.2, 0) is 19.1 Å². The van der Waals surface area contributed by atoms with Crippen LogP contribution in [-0.4, -0.2) is 71.1 Å². The summed E-state index contributed by atoms with van der Waals surface area (Å²) in [7, 11) is 0. The first-order valence-electron chi connectivity index (χ1n) is 7.23. The van der Waals surface area contributed by atoms with Gasteiger partial charge < -0.3 is 24.8 Å². The molecule has 0 bridgehead atoms. The van der Waals surface area contributed by atoms with E-state index in [1.54, 1.807) is 0 Å². The lowest BCUT2D eigenvalue weighted by Gasteiger charge is -2.12. The first-order valence-corrected chi connectivity index (χ1v) is 7.23. The smallest absolute Gasteiger partial charge is 0.333 e. The molecule has 1 unspecified atom stereocenters. The molecule has 2 saturated heterocycles. The fourth-order valence-corrected chi connectivity index (χ4v) is 1.46. The summed E-state index contributed by atoms with van der Waals surface area (Å²) < 4.78 is 10.1. The topological polar surface area (TPSA) is 137 Å². The maximum atomic E-state index is 9.72. The largest absolute Gasteiger partial charge is 0.481 e. The van der Waals surface area contributed by atoms with Crippen molar-refractivity contribution < 1.29 is 34.4 Å². The average molecular weight is 336 g/mol. The molecule has 2 aliphatic heterocycles. The molecule has 9 nitrogen and oxygen atoms in total. The van der Waals surface area contributed by atoms with E-state index in [1.807, 2.05) is 0 Å². The molecule has 1 atom stereocenters. The normalized spacial score (nSPS) is 22.1. The Hall–Kier alpha value is -1.26. The van der Waals surface area contributed by atoms with Crippen molar-refractivity contribution in [2.75, 3.05) is 26.7 Å². The molecule has 9 heteroatoms. The number of aliphatic carboxylic acids is 2. The van der Waals surface area contributed by atoms with E-state index in [4.69, 9.17) is 24.8 Å². The summed E-state index contributed by atoms with van der Waals surface area (Å²) in [6.45, 7) is 11.6. The van der Waals surface area contributed by atoms with Crippen molar-refractivity contribution in [2.24, 2.45) is 0 Å². The van der Waals surface area contributed by atoms with E-state index in [0.29, 0.717) is 13.5 Å². The number of nitrogens with one attached hydrogen (secondary N) is 2. The predicted molar refractivity (Wildman–Crippen MR) is 82.0 cm³/mol. The zero-order valence-corrected chi connectivity index (χ0v) is 14.1. The van der Waals surface area contributed by atoms with Crippen LogP contribution in [0.1, 0.15) is 34.1 Å². The number of ether oxygens (including phenoxy) is 2. The summed E-state index contributed by atoms with van der Waals surface area (Å²) in [5.41, 5.74) is 0.444. The van der Waals surface area contributed by atoms with Gasteiger partial charge in [-0.2, -0.15) is 0 Å². The van der Waals surface area contributed by atoms with Gasteiger partial charge in [0.25, 0.3) is 0 Å². The predicted octanol–water partition coefficient (Wildman–Crippen LogP) is -0.409. The second-order valence-electron chi connectivity index (χ2n) is 6.56. The first kappa shape index (κ1) is 21.7. The highest BCUT2D eigenvalue weighted by Gasteiger charge is 2.22. The third-order valence-electron chi connectivity index (χ3n) is 2.88. The molecule has 0 aliphatic carbocycles. The molecule has 2 heterocycles. The van der Waals surface area contributed by atoms with Gasteiger partial charge in [0.1, 0.15) is 0 Å². The van der Waals surface area contributed by atoms with Crippen molar-refractivity contribution in [1.82, 2.24) is 10.6 Å². The summed E-state index contributed by atoms with van der Waals surface area (Å²) in [6.07, 6.45) is -2.54. The minimum absolute atomic E-state index is 0.222.